The van der Waals surface area contributed by atoms with Crippen molar-refractivity contribution in [2.24, 2.45) is 23.2 Å². The highest BCUT2D eigenvalue weighted by Crippen LogP contribution is 2.53. The third kappa shape index (κ3) is 5.58. The lowest BCUT2D eigenvalue weighted by Crippen LogP contribution is -2.40. The van der Waals surface area contributed by atoms with Crippen LogP contribution < -0.4 is 5.43 Å². The van der Waals surface area contributed by atoms with Crippen LogP contribution in [0.15, 0.2) is 39.5 Å². The van der Waals surface area contributed by atoms with Crippen molar-refractivity contribution in [2.45, 2.75) is 79.1 Å². The molecule has 200 valence electrons. The molecule has 0 saturated heterocycles. The second-order valence-electron chi connectivity index (χ2n) is 11.7. The minimum Gasteiger partial charge on any atom is -0.504 e. The van der Waals surface area contributed by atoms with Crippen molar-refractivity contribution in [1.82, 2.24) is 0 Å². The van der Waals surface area contributed by atoms with Gasteiger partial charge in [0.25, 0.3) is 0 Å². The molecule has 37 heavy (non-hydrogen) atoms. The first-order valence-electron chi connectivity index (χ1n) is 13.5. The molecule has 6 nitrogen and oxygen atoms in total. The second kappa shape index (κ2) is 10.7. The Balaban J connectivity index is 1.39. The number of aromatic hydroxyl groups is 4. The molecule has 3 unspecified atom stereocenters. The topological polar surface area (TPSA) is 111 Å². The normalized spacial score (nSPS) is 20.3. The Labute approximate surface area is 218 Å². The van der Waals surface area contributed by atoms with E-state index in [-0.39, 0.29) is 16.7 Å². The molecule has 1 aliphatic rings. The predicted octanol–water partition coefficient (Wildman–Crippen LogP) is 7.48. The maximum Gasteiger partial charge on any atom is 0.235 e. The molecule has 2 aromatic carbocycles. The van der Waals surface area contributed by atoms with E-state index in [4.69, 9.17) is 4.42 Å². The second-order valence-corrected chi connectivity index (χ2v) is 11.7. The molecular formula is C31H40O6. The van der Waals surface area contributed by atoms with E-state index in [1.807, 2.05) is 12.1 Å². The summed E-state index contributed by atoms with van der Waals surface area (Å²) in [6.07, 6.45) is 9.66. The fourth-order valence-corrected chi connectivity index (χ4v) is 6.22. The lowest BCUT2D eigenvalue weighted by molar-refractivity contribution is 0.00276. The average molecular weight is 509 g/mol. The Kier molecular flexibility index (Phi) is 7.77. The number of phenols is 3. The highest BCUT2D eigenvalue weighted by molar-refractivity contribution is 5.83. The summed E-state index contributed by atoms with van der Waals surface area (Å²) in [5.41, 5.74) is 1.39. The van der Waals surface area contributed by atoms with Crippen LogP contribution in [0.5, 0.6) is 23.0 Å². The van der Waals surface area contributed by atoms with E-state index in [2.05, 4.69) is 27.7 Å². The largest absolute Gasteiger partial charge is 0.504 e. The van der Waals surface area contributed by atoms with Gasteiger partial charge in [0.15, 0.2) is 23.0 Å². The summed E-state index contributed by atoms with van der Waals surface area (Å²) in [5, 5.41) is 40.0. The van der Waals surface area contributed by atoms with Crippen LogP contribution in [0.25, 0.3) is 22.3 Å². The van der Waals surface area contributed by atoms with Gasteiger partial charge in [-0.25, -0.2) is 0 Å². The van der Waals surface area contributed by atoms with Gasteiger partial charge < -0.3 is 24.8 Å². The molecule has 1 fully saturated rings. The summed E-state index contributed by atoms with van der Waals surface area (Å²) < 4.78 is 5.85. The molecule has 3 aromatic rings. The van der Waals surface area contributed by atoms with Gasteiger partial charge in [0.05, 0.1) is 5.39 Å². The summed E-state index contributed by atoms with van der Waals surface area (Å²) in [6, 6.07) is 7.62. The standard InChI is InChI=1S/C31H40O6/c1-18(2)23-12-14-31(23,4)13-6-8-19(3)7-5-9-20-10-11-22-26(15-20)37-30(29(36)27(22)34)21-16-24(32)28(35)25(33)17-21/h10-11,15-19,23,32-33,35-36H,5-9,12-14H2,1-4H3. The molecule has 3 atom stereocenters. The molecule has 0 radical (unpaired) electrons. The van der Waals surface area contributed by atoms with Gasteiger partial charge in [0.1, 0.15) is 5.58 Å². The Morgan fingerprint density at radius 3 is 2.27 bits per heavy atom. The number of aryl methyl sites for hydroxylation is 1. The van der Waals surface area contributed by atoms with Gasteiger partial charge >= 0.3 is 0 Å². The summed E-state index contributed by atoms with van der Waals surface area (Å²) >= 11 is 0. The van der Waals surface area contributed by atoms with Crippen molar-refractivity contribution < 1.29 is 24.8 Å². The van der Waals surface area contributed by atoms with E-state index in [9.17, 15) is 25.2 Å². The number of benzene rings is 2. The van der Waals surface area contributed by atoms with E-state index in [0.717, 1.165) is 48.8 Å². The molecule has 0 bridgehead atoms. The molecule has 0 spiro atoms. The first-order valence-corrected chi connectivity index (χ1v) is 13.5. The van der Waals surface area contributed by atoms with Gasteiger partial charge in [-0.2, -0.15) is 0 Å². The van der Waals surface area contributed by atoms with Crippen LogP contribution in [0.4, 0.5) is 0 Å². The molecule has 0 aliphatic heterocycles. The lowest BCUT2D eigenvalue weighted by Gasteiger charge is -2.50. The van der Waals surface area contributed by atoms with E-state index in [1.54, 1.807) is 6.07 Å². The zero-order chi connectivity index (χ0) is 26.9. The summed E-state index contributed by atoms with van der Waals surface area (Å²) in [7, 11) is 0. The quantitative estimate of drug-likeness (QED) is 0.211. The molecule has 1 saturated carbocycles. The summed E-state index contributed by atoms with van der Waals surface area (Å²) in [6.45, 7) is 9.52. The van der Waals surface area contributed by atoms with Crippen LogP contribution in [0.1, 0.15) is 78.2 Å². The summed E-state index contributed by atoms with van der Waals surface area (Å²) in [5.74, 6) is -0.310. The maximum atomic E-state index is 12.7. The molecule has 4 rings (SSSR count). The Morgan fingerprint density at radius 1 is 0.973 bits per heavy atom. The minimum atomic E-state index is -0.681. The molecular weight excluding hydrogens is 468 g/mol. The first-order chi connectivity index (χ1) is 17.5. The zero-order valence-electron chi connectivity index (χ0n) is 22.4. The predicted molar refractivity (Wildman–Crippen MR) is 146 cm³/mol. The van der Waals surface area contributed by atoms with E-state index in [1.165, 1.54) is 32.1 Å². The van der Waals surface area contributed by atoms with Gasteiger partial charge in [-0.1, -0.05) is 53.0 Å². The number of hydrogen-bond acceptors (Lipinski definition) is 6. The fourth-order valence-electron chi connectivity index (χ4n) is 6.22. The maximum absolute atomic E-state index is 12.7. The van der Waals surface area contributed by atoms with Crippen LogP contribution in [0.3, 0.4) is 0 Å². The molecule has 1 aromatic heterocycles. The van der Waals surface area contributed by atoms with Crippen molar-refractivity contribution in [3.8, 4) is 34.3 Å². The minimum absolute atomic E-state index is 0.0824. The highest BCUT2D eigenvalue weighted by atomic mass is 16.4. The zero-order valence-corrected chi connectivity index (χ0v) is 22.4. The van der Waals surface area contributed by atoms with Gasteiger partial charge in [-0.15, -0.1) is 0 Å². The summed E-state index contributed by atoms with van der Waals surface area (Å²) in [4.78, 5) is 12.7. The molecule has 4 N–H and O–H groups in total. The van der Waals surface area contributed by atoms with Crippen LogP contribution in [0.2, 0.25) is 0 Å². The third-order valence-corrected chi connectivity index (χ3v) is 8.60. The van der Waals surface area contributed by atoms with E-state index >= 15 is 0 Å². The van der Waals surface area contributed by atoms with Crippen molar-refractivity contribution in [1.29, 1.82) is 0 Å². The van der Waals surface area contributed by atoms with Crippen molar-refractivity contribution in [2.75, 3.05) is 0 Å². The Bertz CT molecular complexity index is 1300. The fraction of sp³-hybridized carbons (Fsp3) is 0.516. The van der Waals surface area contributed by atoms with Gasteiger partial charge in [-0.3, -0.25) is 4.79 Å². The monoisotopic (exact) mass is 508 g/mol. The number of hydrogen-bond donors (Lipinski definition) is 4. The van der Waals surface area contributed by atoms with Crippen LogP contribution >= 0.6 is 0 Å². The number of phenolic OH excluding ortho intramolecular Hbond substituents is 3. The van der Waals surface area contributed by atoms with Crippen LogP contribution in [0, 0.1) is 23.2 Å². The van der Waals surface area contributed by atoms with E-state index < -0.39 is 28.4 Å². The van der Waals surface area contributed by atoms with Gasteiger partial charge in [0.2, 0.25) is 11.2 Å². The number of fused-ring (bicyclic) bond motifs is 1. The Hall–Kier alpha value is -3.15. The molecule has 0 amide bonds. The van der Waals surface area contributed by atoms with Crippen LogP contribution in [-0.4, -0.2) is 20.4 Å². The first kappa shape index (κ1) is 26.9. The van der Waals surface area contributed by atoms with Crippen molar-refractivity contribution in [3.63, 3.8) is 0 Å². The SMILES string of the molecule is CC(CCCc1ccc2c(=O)c(O)c(-c3cc(O)c(O)c(O)c3)oc2c1)CCCC1(C)CCC1C(C)C. The molecule has 1 heterocycles. The van der Waals surface area contributed by atoms with Crippen molar-refractivity contribution in [3.05, 3.63) is 46.1 Å². The average Bonchev–Trinajstić information content (AvgIpc) is 2.83. The van der Waals surface area contributed by atoms with Crippen LogP contribution in [-0.2, 0) is 6.42 Å². The smallest absolute Gasteiger partial charge is 0.235 e. The Morgan fingerprint density at radius 2 is 1.65 bits per heavy atom. The van der Waals surface area contributed by atoms with Gasteiger partial charge in [0, 0.05) is 5.56 Å². The number of rotatable bonds is 10. The van der Waals surface area contributed by atoms with E-state index in [0.29, 0.717) is 16.9 Å². The lowest BCUT2D eigenvalue weighted by atomic mass is 9.55. The molecule has 6 heteroatoms. The third-order valence-electron chi connectivity index (χ3n) is 8.60. The highest BCUT2D eigenvalue weighted by Gasteiger charge is 2.43. The molecule has 1 aliphatic carbocycles. The van der Waals surface area contributed by atoms with Crippen molar-refractivity contribution >= 4 is 11.0 Å². The van der Waals surface area contributed by atoms with Gasteiger partial charge in [-0.05, 0) is 85.1 Å².